The molecule has 0 spiro atoms. The van der Waals surface area contributed by atoms with Crippen molar-refractivity contribution in [2.24, 2.45) is 0 Å². The van der Waals surface area contributed by atoms with E-state index in [-0.39, 0.29) is 0 Å². The molecule has 2 nitrogen and oxygen atoms in total. The van der Waals surface area contributed by atoms with E-state index in [0.29, 0.717) is 5.75 Å². The summed E-state index contributed by atoms with van der Waals surface area (Å²) in [7, 11) is 0. The van der Waals surface area contributed by atoms with E-state index < -0.39 is 11.1 Å². The molecule has 0 aromatic rings. The Morgan fingerprint density at radius 2 is 1.38 bits per heavy atom. The Morgan fingerprint density at radius 1 is 0.923 bits per heavy atom. The second-order valence-corrected chi connectivity index (χ2v) is 4.55. The van der Waals surface area contributed by atoms with E-state index in [1.54, 1.807) is 0 Å². The van der Waals surface area contributed by atoms with Gasteiger partial charge in [-0.2, -0.15) is 0 Å². The van der Waals surface area contributed by atoms with E-state index in [1.165, 1.54) is 38.5 Å². The third kappa shape index (κ3) is 12.1. The van der Waals surface area contributed by atoms with E-state index in [4.69, 9.17) is 4.55 Å². The lowest BCUT2D eigenvalue weighted by atomic mass is 10.1. The van der Waals surface area contributed by atoms with Crippen molar-refractivity contribution in [2.45, 2.75) is 58.3 Å². The van der Waals surface area contributed by atoms with Gasteiger partial charge in [0.25, 0.3) is 0 Å². The highest BCUT2D eigenvalue weighted by molar-refractivity contribution is 7.79. The molecule has 13 heavy (non-hydrogen) atoms. The maximum absolute atomic E-state index is 10.3. The molecule has 0 radical (unpaired) electrons. The molecule has 0 aliphatic carbocycles. The zero-order valence-electron chi connectivity index (χ0n) is 8.63. The minimum Gasteiger partial charge on any atom is -0.306 e. The van der Waals surface area contributed by atoms with Gasteiger partial charge in [-0.3, -0.25) is 0 Å². The van der Waals surface area contributed by atoms with Gasteiger partial charge in [-0.05, 0) is 6.42 Å². The maximum atomic E-state index is 10.3. The van der Waals surface area contributed by atoms with E-state index in [0.717, 1.165) is 12.8 Å². The molecule has 0 rings (SSSR count). The maximum Gasteiger partial charge on any atom is 0.152 e. The number of hydrogen-bond donors (Lipinski definition) is 1. The van der Waals surface area contributed by atoms with Crippen molar-refractivity contribution >= 4 is 11.1 Å². The fourth-order valence-corrected chi connectivity index (χ4v) is 1.81. The molecule has 1 N–H and O–H groups in total. The van der Waals surface area contributed by atoms with Crippen LogP contribution in [0.1, 0.15) is 58.3 Å². The number of unbranched alkanes of at least 4 members (excludes halogenated alkanes) is 7. The molecule has 80 valence electrons. The minimum atomic E-state index is -1.58. The molecule has 0 saturated heterocycles. The Hall–Kier alpha value is 0.110. The summed E-state index contributed by atoms with van der Waals surface area (Å²) in [6, 6.07) is 0. The summed E-state index contributed by atoms with van der Waals surface area (Å²) >= 11 is -1.58. The van der Waals surface area contributed by atoms with E-state index >= 15 is 0 Å². The van der Waals surface area contributed by atoms with Gasteiger partial charge in [0.15, 0.2) is 11.1 Å². The van der Waals surface area contributed by atoms with Crippen molar-refractivity contribution in [2.75, 3.05) is 5.75 Å². The minimum absolute atomic E-state index is 0.453. The summed E-state index contributed by atoms with van der Waals surface area (Å²) in [6.45, 7) is 2.22. The van der Waals surface area contributed by atoms with Crippen molar-refractivity contribution in [3.8, 4) is 0 Å². The summed E-state index contributed by atoms with van der Waals surface area (Å²) in [5.41, 5.74) is 0. The van der Waals surface area contributed by atoms with Crippen LogP contribution in [0, 0.1) is 0 Å². The van der Waals surface area contributed by atoms with Crippen LogP contribution in [0.4, 0.5) is 0 Å². The predicted octanol–water partition coefficient (Wildman–Crippen LogP) is 3.35. The Morgan fingerprint density at radius 3 is 1.85 bits per heavy atom. The van der Waals surface area contributed by atoms with Crippen LogP contribution in [0.15, 0.2) is 0 Å². The van der Waals surface area contributed by atoms with E-state index in [2.05, 4.69) is 6.92 Å². The fourth-order valence-electron chi connectivity index (χ4n) is 1.36. The molecule has 1 atom stereocenters. The molecule has 0 aliphatic rings. The van der Waals surface area contributed by atoms with Crippen molar-refractivity contribution in [3.05, 3.63) is 0 Å². The van der Waals surface area contributed by atoms with Crippen LogP contribution in [0.2, 0.25) is 0 Å². The molecule has 0 saturated carbocycles. The zero-order chi connectivity index (χ0) is 9.94. The summed E-state index contributed by atoms with van der Waals surface area (Å²) in [6.07, 6.45) is 9.84. The lowest BCUT2D eigenvalue weighted by Crippen LogP contribution is -1.94. The molecule has 0 heterocycles. The zero-order valence-corrected chi connectivity index (χ0v) is 9.44. The van der Waals surface area contributed by atoms with Crippen LogP contribution < -0.4 is 0 Å². The molecular formula is C10H22O2S. The monoisotopic (exact) mass is 206 g/mol. The van der Waals surface area contributed by atoms with E-state index in [9.17, 15) is 4.21 Å². The predicted molar refractivity (Wildman–Crippen MR) is 58.2 cm³/mol. The van der Waals surface area contributed by atoms with Crippen LogP contribution in [-0.4, -0.2) is 14.5 Å². The van der Waals surface area contributed by atoms with Gasteiger partial charge in [0.05, 0.1) is 0 Å². The molecule has 0 aromatic carbocycles. The Bertz CT molecular complexity index is 126. The number of hydrogen-bond acceptors (Lipinski definition) is 1. The first-order chi connectivity index (χ1) is 6.27. The van der Waals surface area contributed by atoms with Crippen LogP contribution in [0.3, 0.4) is 0 Å². The molecular weight excluding hydrogens is 184 g/mol. The van der Waals surface area contributed by atoms with Gasteiger partial charge >= 0.3 is 0 Å². The molecule has 0 aromatic heterocycles. The summed E-state index contributed by atoms with van der Waals surface area (Å²) in [5, 5.41) is 0. The quantitative estimate of drug-likeness (QED) is 0.464. The molecule has 0 amide bonds. The third-order valence-corrected chi connectivity index (χ3v) is 2.81. The van der Waals surface area contributed by atoms with Crippen molar-refractivity contribution in [1.82, 2.24) is 0 Å². The fraction of sp³-hybridized carbons (Fsp3) is 1.00. The summed E-state index contributed by atoms with van der Waals surface area (Å²) < 4.78 is 18.8. The summed E-state index contributed by atoms with van der Waals surface area (Å²) in [4.78, 5) is 0. The van der Waals surface area contributed by atoms with Gasteiger partial charge in [0, 0.05) is 5.75 Å². The normalized spacial score (nSPS) is 13.1. The number of rotatable bonds is 9. The first-order valence-electron chi connectivity index (χ1n) is 5.35. The lowest BCUT2D eigenvalue weighted by molar-refractivity contribution is 0.552. The van der Waals surface area contributed by atoms with E-state index in [1.807, 2.05) is 0 Å². The molecule has 0 bridgehead atoms. The average Bonchev–Trinajstić information content (AvgIpc) is 2.09. The van der Waals surface area contributed by atoms with Gasteiger partial charge in [0.1, 0.15) is 0 Å². The standard InChI is InChI=1S/C10H22O2S/c1-2-3-4-5-6-7-8-9-10-13(11)12/h2-10H2,1H3,(H,11,12). The van der Waals surface area contributed by atoms with Crippen molar-refractivity contribution in [1.29, 1.82) is 0 Å². The van der Waals surface area contributed by atoms with Gasteiger partial charge < -0.3 is 4.55 Å². The average molecular weight is 206 g/mol. The van der Waals surface area contributed by atoms with Gasteiger partial charge in [-0.25, -0.2) is 4.21 Å². The van der Waals surface area contributed by atoms with Gasteiger partial charge in [0.2, 0.25) is 0 Å². The molecule has 3 heteroatoms. The van der Waals surface area contributed by atoms with Crippen molar-refractivity contribution < 1.29 is 8.76 Å². The summed E-state index contributed by atoms with van der Waals surface area (Å²) in [5.74, 6) is 0.453. The topological polar surface area (TPSA) is 37.3 Å². The first-order valence-corrected chi connectivity index (χ1v) is 6.62. The smallest absolute Gasteiger partial charge is 0.152 e. The lowest BCUT2D eigenvalue weighted by Gasteiger charge is -1.99. The molecule has 0 fully saturated rings. The highest BCUT2D eigenvalue weighted by atomic mass is 32.2. The largest absolute Gasteiger partial charge is 0.306 e. The van der Waals surface area contributed by atoms with Crippen LogP contribution in [0.25, 0.3) is 0 Å². The first kappa shape index (κ1) is 13.1. The highest BCUT2D eigenvalue weighted by Gasteiger charge is 1.94. The second kappa shape index (κ2) is 10.2. The molecule has 0 aliphatic heterocycles. The molecule has 1 unspecified atom stereocenters. The SMILES string of the molecule is CCCCCCCCCCS(=O)O. The Kier molecular flexibility index (Phi) is 10.3. The van der Waals surface area contributed by atoms with Crippen LogP contribution in [0.5, 0.6) is 0 Å². The second-order valence-electron chi connectivity index (χ2n) is 3.50. The highest BCUT2D eigenvalue weighted by Crippen LogP contribution is 2.08. The Labute approximate surface area is 84.4 Å². The Balaban J connectivity index is 2.87. The van der Waals surface area contributed by atoms with Crippen LogP contribution in [-0.2, 0) is 11.1 Å². The van der Waals surface area contributed by atoms with Gasteiger partial charge in [-0.15, -0.1) is 0 Å². The van der Waals surface area contributed by atoms with Crippen molar-refractivity contribution in [3.63, 3.8) is 0 Å². The van der Waals surface area contributed by atoms with Gasteiger partial charge in [-0.1, -0.05) is 51.9 Å². The van der Waals surface area contributed by atoms with Crippen LogP contribution >= 0.6 is 0 Å². The third-order valence-electron chi connectivity index (χ3n) is 2.17.